The van der Waals surface area contributed by atoms with Crippen LogP contribution >= 0.6 is 23.4 Å². The van der Waals surface area contributed by atoms with Gasteiger partial charge in [0.25, 0.3) is 0 Å². The highest BCUT2D eigenvalue weighted by Gasteiger charge is 2.47. The number of alkyl halides is 4. The number of piperidine rings is 2. The summed E-state index contributed by atoms with van der Waals surface area (Å²) in [5.41, 5.74) is -0.260. The van der Waals surface area contributed by atoms with Crippen molar-refractivity contribution in [1.82, 2.24) is 26.2 Å². The lowest BCUT2D eigenvalue weighted by Crippen LogP contribution is -2.57. The van der Waals surface area contributed by atoms with E-state index in [0.29, 0.717) is 43.8 Å². The van der Waals surface area contributed by atoms with E-state index in [4.69, 9.17) is 16.3 Å². The number of thioether (sulfide) groups is 1. The number of ether oxygens (including phenoxy) is 1. The summed E-state index contributed by atoms with van der Waals surface area (Å²) >= 11 is 8.19. The Balaban J connectivity index is 1.12. The number of fused-ring (bicyclic) bond motifs is 1. The lowest BCUT2D eigenvalue weighted by atomic mass is 9.70. The standard InChI is InChI=1S/C26H43ClF3N5O2S/c1-13-5-16(17-7-23(27)32-9-21(17)37-2)18(8-31-13)25(36)34-26-33-20-11-35(12-22(20)38-26)10-15-4-3-14(24(29)30)6-19(15)28/h13-24,26,31-33H,3-12H2,1-2H3,(H,34,36). The lowest BCUT2D eigenvalue weighted by Gasteiger charge is -2.45. The second kappa shape index (κ2) is 12.7. The molecule has 0 aromatic rings. The van der Waals surface area contributed by atoms with Gasteiger partial charge in [0, 0.05) is 69.0 Å². The summed E-state index contributed by atoms with van der Waals surface area (Å²) in [6, 6.07) is 0.559. The van der Waals surface area contributed by atoms with Crippen LogP contribution in [0.3, 0.4) is 0 Å². The zero-order chi connectivity index (χ0) is 27.0. The molecular weight excluding hydrogens is 539 g/mol. The van der Waals surface area contributed by atoms with Gasteiger partial charge in [0.2, 0.25) is 12.3 Å². The monoisotopic (exact) mass is 581 g/mol. The minimum absolute atomic E-state index is 0.0199. The van der Waals surface area contributed by atoms with E-state index in [1.807, 2.05) is 0 Å². The van der Waals surface area contributed by atoms with Gasteiger partial charge < -0.3 is 20.3 Å². The molecule has 1 saturated carbocycles. The highest BCUT2D eigenvalue weighted by molar-refractivity contribution is 8.00. The largest absolute Gasteiger partial charge is 0.380 e. The number of carbonyl (C=O) groups is 1. The number of hydrogen-bond acceptors (Lipinski definition) is 7. The van der Waals surface area contributed by atoms with Crippen LogP contribution in [0.5, 0.6) is 0 Å². The summed E-state index contributed by atoms with van der Waals surface area (Å²) in [5.74, 6) is -0.645. The lowest BCUT2D eigenvalue weighted by molar-refractivity contribution is -0.130. The summed E-state index contributed by atoms with van der Waals surface area (Å²) in [6.45, 7) is 5.73. The smallest absolute Gasteiger partial charge is 0.241 e. The molecule has 1 amide bonds. The van der Waals surface area contributed by atoms with E-state index < -0.39 is 18.5 Å². The molecule has 0 aromatic heterocycles. The van der Waals surface area contributed by atoms with E-state index >= 15 is 0 Å². The van der Waals surface area contributed by atoms with E-state index in [2.05, 4.69) is 33.1 Å². The molecule has 0 aromatic carbocycles. The third-order valence-corrected chi connectivity index (χ3v) is 11.3. The highest BCUT2D eigenvalue weighted by atomic mass is 35.5. The molecule has 0 radical (unpaired) electrons. The molecule has 0 bridgehead atoms. The van der Waals surface area contributed by atoms with Crippen molar-refractivity contribution in [2.75, 3.05) is 39.8 Å². The number of likely N-dealkylation sites (tertiary alicyclic amines) is 1. The Morgan fingerprint density at radius 2 is 1.97 bits per heavy atom. The Kier molecular flexibility index (Phi) is 9.76. The van der Waals surface area contributed by atoms with Gasteiger partial charge in [-0.1, -0.05) is 0 Å². The Hall–Kier alpha value is -0.300. The topological polar surface area (TPSA) is 77.7 Å². The van der Waals surface area contributed by atoms with Crippen molar-refractivity contribution in [1.29, 1.82) is 0 Å². The van der Waals surface area contributed by atoms with Gasteiger partial charge in [-0.15, -0.1) is 23.4 Å². The van der Waals surface area contributed by atoms with Crippen LogP contribution in [0.4, 0.5) is 13.2 Å². The molecule has 4 aliphatic heterocycles. The zero-order valence-corrected chi connectivity index (χ0v) is 23.8. The van der Waals surface area contributed by atoms with Crippen molar-refractivity contribution in [3.05, 3.63) is 0 Å². The summed E-state index contributed by atoms with van der Waals surface area (Å²) in [6.07, 6.45) is -0.927. The first-order chi connectivity index (χ1) is 18.2. The predicted octanol–water partition coefficient (Wildman–Crippen LogP) is 2.60. The van der Waals surface area contributed by atoms with Crippen molar-refractivity contribution in [2.45, 2.75) is 86.1 Å². The van der Waals surface area contributed by atoms with Gasteiger partial charge in [-0.25, -0.2) is 13.2 Å². The van der Waals surface area contributed by atoms with Gasteiger partial charge in [-0.3, -0.25) is 15.4 Å². The van der Waals surface area contributed by atoms with Crippen LogP contribution in [-0.4, -0.2) is 97.7 Å². The third kappa shape index (κ3) is 6.60. The molecule has 5 rings (SSSR count). The minimum Gasteiger partial charge on any atom is -0.380 e. The number of nitrogens with one attached hydrogen (secondary N) is 4. The number of hydrogen-bond donors (Lipinski definition) is 4. The van der Waals surface area contributed by atoms with Crippen molar-refractivity contribution in [3.8, 4) is 0 Å². The Bertz CT molecular complexity index is 807. The van der Waals surface area contributed by atoms with Gasteiger partial charge >= 0.3 is 0 Å². The third-order valence-electron chi connectivity index (χ3n) is 9.60. The average Bonchev–Trinajstić information content (AvgIpc) is 3.42. The minimum atomic E-state index is -2.42. The van der Waals surface area contributed by atoms with Crippen LogP contribution in [0.1, 0.15) is 39.0 Å². The van der Waals surface area contributed by atoms with Gasteiger partial charge in [-0.2, -0.15) is 0 Å². The van der Waals surface area contributed by atoms with Gasteiger partial charge in [0.1, 0.15) is 11.7 Å². The SMILES string of the molecule is COC1CNC(Cl)CC1C1CC(C)NCC1C(=O)NC1NC2CN(CC3CCC(C(F)F)CC3F)CC2S1. The van der Waals surface area contributed by atoms with Crippen LogP contribution < -0.4 is 21.3 Å². The molecule has 218 valence electrons. The van der Waals surface area contributed by atoms with Crippen LogP contribution in [-0.2, 0) is 9.53 Å². The van der Waals surface area contributed by atoms with Crippen LogP contribution in [0.25, 0.3) is 0 Å². The van der Waals surface area contributed by atoms with Gasteiger partial charge in [0.05, 0.1) is 17.5 Å². The van der Waals surface area contributed by atoms with Gasteiger partial charge in [0.15, 0.2) is 0 Å². The molecule has 12 heteroatoms. The van der Waals surface area contributed by atoms with Crippen molar-refractivity contribution >= 4 is 29.3 Å². The van der Waals surface area contributed by atoms with Gasteiger partial charge in [-0.05, 0) is 50.9 Å². The van der Waals surface area contributed by atoms with Crippen molar-refractivity contribution < 1.29 is 22.7 Å². The van der Waals surface area contributed by atoms with E-state index in [-0.39, 0.29) is 59.1 Å². The maximum Gasteiger partial charge on any atom is 0.241 e. The summed E-state index contributed by atoms with van der Waals surface area (Å²) in [5, 5.41) is 13.9. The molecule has 12 atom stereocenters. The molecule has 12 unspecified atom stereocenters. The first-order valence-electron chi connectivity index (χ1n) is 14.2. The summed E-state index contributed by atoms with van der Waals surface area (Å²) < 4.78 is 46.3. The van der Waals surface area contributed by atoms with Crippen LogP contribution in [0.2, 0.25) is 0 Å². The van der Waals surface area contributed by atoms with Crippen molar-refractivity contribution in [3.63, 3.8) is 0 Å². The van der Waals surface area contributed by atoms with E-state index in [1.54, 1.807) is 18.9 Å². The van der Waals surface area contributed by atoms with E-state index in [9.17, 15) is 18.0 Å². The number of nitrogens with zero attached hydrogens (tertiary/aromatic N) is 1. The first kappa shape index (κ1) is 29.2. The Morgan fingerprint density at radius 1 is 1.16 bits per heavy atom. The predicted molar refractivity (Wildman–Crippen MR) is 144 cm³/mol. The molecule has 4 heterocycles. The maximum absolute atomic E-state index is 14.6. The fraction of sp³-hybridized carbons (Fsp3) is 0.962. The molecule has 7 nitrogen and oxygen atoms in total. The molecule has 38 heavy (non-hydrogen) atoms. The van der Waals surface area contributed by atoms with E-state index in [1.165, 1.54) is 0 Å². The normalized spacial score (nSPS) is 46.3. The molecule has 0 spiro atoms. The molecule has 4 N–H and O–H groups in total. The second-order valence-corrected chi connectivity index (χ2v) is 14.0. The quantitative estimate of drug-likeness (QED) is 0.272. The number of halogens is 4. The first-order valence-corrected chi connectivity index (χ1v) is 15.6. The molecule has 4 saturated heterocycles. The highest BCUT2D eigenvalue weighted by Crippen LogP contribution is 2.40. The maximum atomic E-state index is 14.6. The zero-order valence-electron chi connectivity index (χ0n) is 22.3. The molecular formula is C26H43ClF3N5O2S. The van der Waals surface area contributed by atoms with Crippen LogP contribution in [0.15, 0.2) is 0 Å². The molecule has 5 aliphatic rings. The number of amides is 1. The Morgan fingerprint density at radius 3 is 2.68 bits per heavy atom. The average molecular weight is 582 g/mol. The fourth-order valence-corrected chi connectivity index (χ4v) is 9.20. The molecule has 1 aliphatic carbocycles. The number of methoxy groups -OCH3 is 1. The van der Waals surface area contributed by atoms with Crippen LogP contribution in [0, 0.1) is 29.6 Å². The number of rotatable bonds is 7. The fourth-order valence-electron chi connectivity index (χ4n) is 7.47. The summed E-state index contributed by atoms with van der Waals surface area (Å²) in [7, 11) is 1.73. The molecule has 5 fully saturated rings. The van der Waals surface area contributed by atoms with E-state index in [0.717, 1.165) is 25.9 Å². The number of carbonyl (C=O) groups excluding carboxylic acids is 1. The summed E-state index contributed by atoms with van der Waals surface area (Å²) in [4.78, 5) is 15.8. The van der Waals surface area contributed by atoms with Crippen molar-refractivity contribution in [2.24, 2.45) is 29.6 Å². The second-order valence-electron chi connectivity index (χ2n) is 12.1. The Labute approximate surface area is 233 Å².